The number of hydrogen-bond donors (Lipinski definition) is 2. The number of carbonyl (C=O) groups is 1. The van der Waals surface area contributed by atoms with Gasteiger partial charge < -0.3 is 20.1 Å². The van der Waals surface area contributed by atoms with Crippen molar-refractivity contribution in [3.8, 4) is 11.5 Å². The summed E-state index contributed by atoms with van der Waals surface area (Å²) in [5, 5.41) is 11.9. The van der Waals surface area contributed by atoms with Crippen LogP contribution in [0.25, 0.3) is 0 Å². The average molecular weight is 598 g/mol. The molecule has 4 aromatic rings. The molecule has 0 spiro atoms. The number of methoxy groups -OCH3 is 1. The van der Waals surface area contributed by atoms with Crippen molar-refractivity contribution in [3.05, 3.63) is 99.2 Å². The third-order valence-electron chi connectivity index (χ3n) is 7.63. The van der Waals surface area contributed by atoms with Gasteiger partial charge in [-0.2, -0.15) is 4.98 Å². The van der Waals surface area contributed by atoms with Crippen LogP contribution in [0.3, 0.4) is 0 Å². The standard InChI is InChI=1S/C34H39N5O3S/c1-8-14-43-34-37-33-35-24(6)30(32(40)36-27-11-9-10-20(2)15-27)31(39(33)38-34)25-12-13-28(29(18-25)41-7)42-19-26-17-22(4)21(3)16-23(26)5/h9-13,15-18,31H,8,14,19H2,1-7H3,(H,36,40)(H,35,37,38). The summed E-state index contributed by atoms with van der Waals surface area (Å²) in [7, 11) is 1.63. The van der Waals surface area contributed by atoms with Gasteiger partial charge in [0.1, 0.15) is 12.6 Å². The monoisotopic (exact) mass is 597 g/mol. The molecule has 224 valence electrons. The van der Waals surface area contributed by atoms with Gasteiger partial charge in [0.2, 0.25) is 11.1 Å². The Kier molecular flexibility index (Phi) is 9.11. The third-order valence-corrected chi connectivity index (χ3v) is 8.67. The van der Waals surface area contributed by atoms with Crippen molar-refractivity contribution in [1.82, 2.24) is 14.8 Å². The average Bonchev–Trinajstić information content (AvgIpc) is 3.38. The fourth-order valence-electron chi connectivity index (χ4n) is 5.21. The quantitative estimate of drug-likeness (QED) is 0.183. The molecule has 5 rings (SSSR count). The summed E-state index contributed by atoms with van der Waals surface area (Å²) in [5.74, 6) is 2.49. The Morgan fingerprint density at radius 3 is 2.53 bits per heavy atom. The van der Waals surface area contributed by atoms with Gasteiger partial charge in [-0.25, -0.2) is 4.68 Å². The number of anilines is 2. The number of aryl methyl sites for hydroxylation is 4. The van der Waals surface area contributed by atoms with E-state index in [0.717, 1.165) is 34.6 Å². The van der Waals surface area contributed by atoms with Crippen LogP contribution in [0.2, 0.25) is 0 Å². The van der Waals surface area contributed by atoms with Gasteiger partial charge in [-0.05, 0) is 98.7 Å². The highest BCUT2D eigenvalue weighted by atomic mass is 32.2. The maximum atomic E-state index is 13.9. The van der Waals surface area contributed by atoms with E-state index in [1.54, 1.807) is 23.6 Å². The molecule has 1 aromatic heterocycles. The highest BCUT2D eigenvalue weighted by molar-refractivity contribution is 7.99. The third kappa shape index (κ3) is 6.57. The van der Waals surface area contributed by atoms with Crippen LogP contribution in [-0.2, 0) is 11.4 Å². The lowest BCUT2D eigenvalue weighted by Crippen LogP contribution is -2.31. The molecule has 0 aliphatic carbocycles. The molecule has 0 radical (unpaired) electrons. The maximum absolute atomic E-state index is 13.9. The number of rotatable bonds is 10. The van der Waals surface area contributed by atoms with Gasteiger partial charge in [0.25, 0.3) is 5.91 Å². The summed E-state index contributed by atoms with van der Waals surface area (Å²) < 4.78 is 13.9. The zero-order valence-electron chi connectivity index (χ0n) is 25.9. The predicted octanol–water partition coefficient (Wildman–Crippen LogP) is 7.53. The van der Waals surface area contributed by atoms with E-state index in [1.165, 1.54) is 16.7 Å². The van der Waals surface area contributed by atoms with Crippen LogP contribution in [0.1, 0.15) is 59.7 Å². The number of allylic oxidation sites excluding steroid dienone is 1. The Balaban J connectivity index is 1.51. The van der Waals surface area contributed by atoms with E-state index >= 15 is 0 Å². The molecule has 3 aromatic carbocycles. The van der Waals surface area contributed by atoms with E-state index in [-0.39, 0.29) is 5.91 Å². The Bertz CT molecular complexity index is 1690. The molecule has 0 saturated heterocycles. The van der Waals surface area contributed by atoms with Crippen molar-refractivity contribution in [2.75, 3.05) is 23.5 Å². The van der Waals surface area contributed by atoms with Crippen molar-refractivity contribution >= 4 is 29.3 Å². The van der Waals surface area contributed by atoms with E-state index in [0.29, 0.717) is 40.5 Å². The van der Waals surface area contributed by atoms with Crippen LogP contribution in [0, 0.1) is 27.7 Å². The molecule has 1 aliphatic rings. The highest BCUT2D eigenvalue weighted by Gasteiger charge is 2.35. The number of fused-ring (bicyclic) bond motifs is 1. The lowest BCUT2D eigenvalue weighted by atomic mass is 9.94. The summed E-state index contributed by atoms with van der Waals surface area (Å²) in [6.07, 6.45) is 1.01. The van der Waals surface area contributed by atoms with Gasteiger partial charge in [0, 0.05) is 17.1 Å². The molecule has 1 aliphatic heterocycles. The maximum Gasteiger partial charge on any atom is 0.255 e. The second-order valence-electron chi connectivity index (χ2n) is 11.0. The molecule has 2 heterocycles. The summed E-state index contributed by atoms with van der Waals surface area (Å²) in [6.45, 7) is 12.8. The second kappa shape index (κ2) is 13.0. The van der Waals surface area contributed by atoms with Gasteiger partial charge in [-0.15, -0.1) is 5.10 Å². The number of benzene rings is 3. The lowest BCUT2D eigenvalue weighted by Gasteiger charge is -2.29. The van der Waals surface area contributed by atoms with E-state index in [2.05, 4.69) is 50.5 Å². The first-order chi connectivity index (χ1) is 20.7. The van der Waals surface area contributed by atoms with Crippen LogP contribution in [-0.4, -0.2) is 33.5 Å². The first kappa shape index (κ1) is 30.2. The molecule has 2 N–H and O–H groups in total. The molecule has 8 nitrogen and oxygen atoms in total. The Morgan fingerprint density at radius 1 is 1.00 bits per heavy atom. The van der Waals surface area contributed by atoms with E-state index in [4.69, 9.17) is 19.6 Å². The number of nitrogens with one attached hydrogen (secondary N) is 2. The largest absolute Gasteiger partial charge is 0.493 e. The van der Waals surface area contributed by atoms with Crippen LogP contribution in [0.15, 0.2) is 71.0 Å². The smallest absolute Gasteiger partial charge is 0.255 e. The molecule has 1 atom stereocenters. The van der Waals surface area contributed by atoms with Crippen LogP contribution < -0.4 is 20.1 Å². The van der Waals surface area contributed by atoms with Gasteiger partial charge in [0.15, 0.2) is 11.5 Å². The van der Waals surface area contributed by atoms with Crippen molar-refractivity contribution < 1.29 is 14.3 Å². The first-order valence-electron chi connectivity index (χ1n) is 14.5. The Morgan fingerprint density at radius 2 is 1.79 bits per heavy atom. The van der Waals surface area contributed by atoms with E-state index in [9.17, 15) is 4.79 Å². The van der Waals surface area contributed by atoms with Crippen molar-refractivity contribution in [2.24, 2.45) is 0 Å². The zero-order chi connectivity index (χ0) is 30.7. The topological polar surface area (TPSA) is 90.3 Å². The molecule has 0 saturated carbocycles. The second-order valence-corrected chi connectivity index (χ2v) is 12.0. The summed E-state index contributed by atoms with van der Waals surface area (Å²) in [6, 6.07) is 17.4. The number of aromatic nitrogens is 3. The molecule has 9 heteroatoms. The number of thioether (sulfide) groups is 1. The van der Waals surface area contributed by atoms with Crippen molar-refractivity contribution in [2.45, 2.75) is 65.8 Å². The van der Waals surface area contributed by atoms with Gasteiger partial charge in [0.05, 0.1) is 12.7 Å². The van der Waals surface area contributed by atoms with Crippen LogP contribution in [0.5, 0.6) is 11.5 Å². The molecular formula is C34H39N5O3S. The fourth-order valence-corrected chi connectivity index (χ4v) is 5.90. The lowest BCUT2D eigenvalue weighted by molar-refractivity contribution is -0.113. The highest BCUT2D eigenvalue weighted by Crippen LogP contribution is 2.40. The van der Waals surface area contributed by atoms with Gasteiger partial charge in [-0.3, -0.25) is 4.79 Å². The Hall–Kier alpha value is -4.24. The minimum atomic E-state index is -0.533. The minimum Gasteiger partial charge on any atom is -0.493 e. The SMILES string of the molecule is CCCSc1nc2n(n1)C(c1ccc(OCc3cc(C)c(C)cc3C)c(OC)c1)C(C(=O)Nc1cccc(C)c1)=C(C)N2. The van der Waals surface area contributed by atoms with Crippen molar-refractivity contribution in [3.63, 3.8) is 0 Å². The molecule has 1 unspecified atom stereocenters. The van der Waals surface area contributed by atoms with Crippen LogP contribution in [0.4, 0.5) is 11.6 Å². The van der Waals surface area contributed by atoms with E-state index < -0.39 is 6.04 Å². The number of hydrogen-bond acceptors (Lipinski definition) is 7. The number of nitrogens with zero attached hydrogens (tertiary/aromatic N) is 3. The molecule has 0 fully saturated rings. The van der Waals surface area contributed by atoms with E-state index in [1.807, 2.05) is 56.3 Å². The Labute approximate surface area is 257 Å². The number of amides is 1. The normalized spacial score (nSPS) is 14.3. The number of carbonyl (C=O) groups excluding carboxylic acids is 1. The van der Waals surface area contributed by atoms with Gasteiger partial charge >= 0.3 is 0 Å². The number of ether oxygens (including phenoxy) is 2. The van der Waals surface area contributed by atoms with Gasteiger partial charge in [-0.1, -0.05) is 49.0 Å². The summed E-state index contributed by atoms with van der Waals surface area (Å²) >= 11 is 1.60. The summed E-state index contributed by atoms with van der Waals surface area (Å²) in [4.78, 5) is 18.6. The predicted molar refractivity (Wildman–Crippen MR) is 173 cm³/mol. The first-order valence-corrected chi connectivity index (χ1v) is 15.5. The molecule has 0 bridgehead atoms. The van der Waals surface area contributed by atoms with Crippen LogP contribution >= 0.6 is 11.8 Å². The molecular weight excluding hydrogens is 558 g/mol. The van der Waals surface area contributed by atoms with Crippen molar-refractivity contribution in [1.29, 1.82) is 0 Å². The fraction of sp³-hybridized carbons (Fsp3) is 0.324. The molecule has 1 amide bonds. The molecule has 43 heavy (non-hydrogen) atoms. The minimum absolute atomic E-state index is 0.214. The summed E-state index contributed by atoms with van der Waals surface area (Å²) in [5.41, 5.74) is 8.71. The zero-order valence-corrected chi connectivity index (χ0v) is 26.7.